The predicted molar refractivity (Wildman–Crippen MR) is 81.7 cm³/mol. The average molecular weight is 312 g/mol. The second kappa shape index (κ2) is 7.73. The molecule has 3 saturated heterocycles. The van der Waals surface area contributed by atoms with Crippen molar-refractivity contribution in [2.75, 3.05) is 59.2 Å². The van der Waals surface area contributed by atoms with E-state index in [0.717, 1.165) is 58.8 Å². The fraction of sp³-hybridized carbons (Fsp3) is 0.938. The first-order chi connectivity index (χ1) is 10.7. The second-order valence-electron chi connectivity index (χ2n) is 6.64. The molecule has 3 heterocycles. The molecule has 0 saturated carbocycles. The maximum Gasteiger partial charge on any atom is 0.248 e. The van der Waals surface area contributed by atoms with Gasteiger partial charge in [-0.3, -0.25) is 9.69 Å². The van der Waals surface area contributed by atoms with Gasteiger partial charge in [-0.2, -0.15) is 0 Å². The van der Waals surface area contributed by atoms with E-state index in [1.54, 1.807) is 0 Å². The lowest BCUT2D eigenvalue weighted by Crippen LogP contribution is -2.47. The van der Waals surface area contributed by atoms with Crippen molar-refractivity contribution in [1.82, 2.24) is 9.80 Å². The Hall–Kier alpha value is -0.690. The third-order valence-electron chi connectivity index (χ3n) is 4.99. The minimum atomic E-state index is 0.112. The minimum Gasteiger partial charge on any atom is -0.379 e. The number of nitrogens with zero attached hydrogens (tertiary/aromatic N) is 2. The summed E-state index contributed by atoms with van der Waals surface area (Å²) in [6, 6.07) is 0.464. The third kappa shape index (κ3) is 3.98. The summed E-state index contributed by atoms with van der Waals surface area (Å²) in [4.78, 5) is 16.7. The van der Waals surface area contributed by atoms with Gasteiger partial charge in [0.25, 0.3) is 0 Å². The number of hydrogen-bond donors (Lipinski definition) is 0. The van der Waals surface area contributed by atoms with Crippen LogP contribution >= 0.6 is 0 Å². The van der Waals surface area contributed by atoms with Crippen molar-refractivity contribution in [2.24, 2.45) is 5.92 Å². The number of ether oxygens (including phenoxy) is 3. The summed E-state index contributed by atoms with van der Waals surface area (Å²) in [6.45, 7) is 9.02. The van der Waals surface area contributed by atoms with Crippen molar-refractivity contribution in [1.29, 1.82) is 0 Å². The van der Waals surface area contributed by atoms with Crippen LogP contribution in [0, 0.1) is 5.92 Å². The van der Waals surface area contributed by atoms with E-state index in [-0.39, 0.29) is 18.6 Å². The summed E-state index contributed by atoms with van der Waals surface area (Å²) in [6.07, 6.45) is 2.34. The summed E-state index contributed by atoms with van der Waals surface area (Å²) in [7, 11) is 0. The molecule has 0 unspecified atom stereocenters. The standard InChI is InChI=1S/C16H28N2O4/c1-13-9-18(10-15(13)17-4-7-20-8-5-17)16(19)12-21-11-14-3-2-6-22-14/h13-15H,2-12H2,1H3/t13-,14+,15+/m1/s1. The molecule has 0 aromatic heterocycles. The Bertz CT molecular complexity index is 367. The van der Waals surface area contributed by atoms with Crippen molar-refractivity contribution >= 4 is 5.91 Å². The van der Waals surface area contributed by atoms with E-state index >= 15 is 0 Å². The van der Waals surface area contributed by atoms with Gasteiger partial charge in [0, 0.05) is 38.8 Å². The number of rotatable bonds is 5. The molecule has 0 aliphatic carbocycles. The summed E-state index contributed by atoms with van der Waals surface area (Å²) in [5.74, 6) is 0.626. The molecule has 126 valence electrons. The van der Waals surface area contributed by atoms with Gasteiger partial charge in [-0.25, -0.2) is 0 Å². The molecule has 3 atom stereocenters. The lowest BCUT2D eigenvalue weighted by Gasteiger charge is -2.33. The maximum atomic E-state index is 12.3. The van der Waals surface area contributed by atoms with E-state index in [0.29, 0.717) is 18.6 Å². The van der Waals surface area contributed by atoms with Crippen LogP contribution in [0.3, 0.4) is 0 Å². The van der Waals surface area contributed by atoms with Crippen molar-refractivity contribution in [3.63, 3.8) is 0 Å². The number of hydrogen-bond acceptors (Lipinski definition) is 5. The Balaban J connectivity index is 1.41. The van der Waals surface area contributed by atoms with Crippen molar-refractivity contribution in [3.8, 4) is 0 Å². The van der Waals surface area contributed by atoms with Crippen LogP contribution in [0.25, 0.3) is 0 Å². The smallest absolute Gasteiger partial charge is 0.248 e. The first-order valence-electron chi connectivity index (χ1n) is 8.53. The fourth-order valence-corrected chi connectivity index (χ4v) is 3.68. The van der Waals surface area contributed by atoms with Crippen LogP contribution in [-0.2, 0) is 19.0 Å². The first kappa shape index (κ1) is 16.2. The molecule has 22 heavy (non-hydrogen) atoms. The van der Waals surface area contributed by atoms with E-state index in [1.807, 2.05) is 4.90 Å². The quantitative estimate of drug-likeness (QED) is 0.734. The fourth-order valence-electron chi connectivity index (χ4n) is 3.68. The van der Waals surface area contributed by atoms with Gasteiger partial charge in [0.2, 0.25) is 5.91 Å². The number of morpholine rings is 1. The highest BCUT2D eigenvalue weighted by Crippen LogP contribution is 2.23. The number of likely N-dealkylation sites (tertiary alicyclic amines) is 1. The van der Waals surface area contributed by atoms with Crippen molar-refractivity contribution in [2.45, 2.75) is 31.9 Å². The molecule has 1 amide bonds. The van der Waals surface area contributed by atoms with Gasteiger partial charge in [0.05, 0.1) is 25.9 Å². The van der Waals surface area contributed by atoms with Gasteiger partial charge in [-0.15, -0.1) is 0 Å². The molecule has 0 aromatic rings. The van der Waals surface area contributed by atoms with E-state index in [4.69, 9.17) is 14.2 Å². The SMILES string of the molecule is C[C@@H]1CN(C(=O)COC[C@@H]2CCCO2)C[C@@H]1N1CCOCC1. The number of carbonyl (C=O) groups is 1. The van der Waals surface area contributed by atoms with Crippen LogP contribution in [0.15, 0.2) is 0 Å². The highest BCUT2D eigenvalue weighted by atomic mass is 16.5. The van der Waals surface area contributed by atoms with Gasteiger partial charge < -0.3 is 19.1 Å². The Morgan fingerprint density at radius 1 is 1.23 bits per heavy atom. The van der Waals surface area contributed by atoms with Crippen LogP contribution in [0.2, 0.25) is 0 Å². The molecule has 3 aliphatic rings. The molecule has 0 bridgehead atoms. The Morgan fingerprint density at radius 2 is 2.05 bits per heavy atom. The van der Waals surface area contributed by atoms with Gasteiger partial charge in [-0.1, -0.05) is 6.92 Å². The van der Waals surface area contributed by atoms with E-state index in [9.17, 15) is 4.79 Å². The van der Waals surface area contributed by atoms with Gasteiger partial charge in [0.1, 0.15) is 6.61 Å². The van der Waals surface area contributed by atoms with Crippen LogP contribution in [0.4, 0.5) is 0 Å². The maximum absolute atomic E-state index is 12.3. The molecule has 0 radical (unpaired) electrons. The largest absolute Gasteiger partial charge is 0.379 e. The van der Waals surface area contributed by atoms with Crippen LogP contribution in [0.5, 0.6) is 0 Å². The summed E-state index contributed by atoms with van der Waals surface area (Å²) >= 11 is 0. The zero-order valence-electron chi connectivity index (χ0n) is 13.5. The molecule has 0 aromatic carbocycles. The lowest BCUT2D eigenvalue weighted by atomic mass is 10.0. The van der Waals surface area contributed by atoms with Gasteiger partial charge in [-0.05, 0) is 18.8 Å². The number of carbonyl (C=O) groups excluding carboxylic acids is 1. The molecular weight excluding hydrogens is 284 g/mol. The normalized spacial score (nSPS) is 33.5. The van der Waals surface area contributed by atoms with Crippen LogP contribution in [-0.4, -0.2) is 87.1 Å². The van der Waals surface area contributed by atoms with E-state index < -0.39 is 0 Å². The van der Waals surface area contributed by atoms with Crippen LogP contribution < -0.4 is 0 Å². The Kier molecular flexibility index (Phi) is 5.68. The monoisotopic (exact) mass is 312 g/mol. The molecule has 6 nitrogen and oxygen atoms in total. The molecule has 3 aliphatic heterocycles. The van der Waals surface area contributed by atoms with Crippen molar-refractivity contribution in [3.05, 3.63) is 0 Å². The van der Waals surface area contributed by atoms with Gasteiger partial charge in [0.15, 0.2) is 0 Å². The van der Waals surface area contributed by atoms with Crippen LogP contribution in [0.1, 0.15) is 19.8 Å². The molecule has 6 heteroatoms. The topological polar surface area (TPSA) is 51.2 Å². The summed E-state index contributed by atoms with van der Waals surface area (Å²) in [5.41, 5.74) is 0. The Morgan fingerprint density at radius 3 is 2.77 bits per heavy atom. The molecule has 3 fully saturated rings. The number of amides is 1. The molecule has 0 spiro atoms. The zero-order valence-corrected chi connectivity index (χ0v) is 13.5. The van der Waals surface area contributed by atoms with Gasteiger partial charge >= 0.3 is 0 Å². The average Bonchev–Trinajstić information content (AvgIpc) is 3.17. The Labute approximate surface area is 132 Å². The first-order valence-corrected chi connectivity index (χ1v) is 8.53. The zero-order chi connectivity index (χ0) is 15.4. The highest BCUT2D eigenvalue weighted by Gasteiger charge is 2.36. The summed E-state index contributed by atoms with van der Waals surface area (Å²) in [5, 5.41) is 0. The summed E-state index contributed by atoms with van der Waals surface area (Å²) < 4.78 is 16.5. The molecular formula is C16H28N2O4. The lowest BCUT2D eigenvalue weighted by molar-refractivity contribution is -0.136. The predicted octanol–water partition coefficient (Wildman–Crippen LogP) is 0.361. The third-order valence-corrected chi connectivity index (χ3v) is 4.99. The van der Waals surface area contributed by atoms with Crippen molar-refractivity contribution < 1.29 is 19.0 Å². The van der Waals surface area contributed by atoms with E-state index in [2.05, 4.69) is 11.8 Å². The second-order valence-corrected chi connectivity index (χ2v) is 6.64. The van der Waals surface area contributed by atoms with E-state index in [1.165, 1.54) is 0 Å². The molecule has 3 rings (SSSR count). The highest BCUT2D eigenvalue weighted by molar-refractivity contribution is 5.77. The minimum absolute atomic E-state index is 0.112. The molecule has 0 N–H and O–H groups in total.